The summed E-state index contributed by atoms with van der Waals surface area (Å²) in [6.45, 7) is 2.03. The van der Waals surface area contributed by atoms with E-state index < -0.39 is 12.1 Å². The number of nitrogens with two attached hydrogens (primary N) is 1. The van der Waals surface area contributed by atoms with Crippen molar-refractivity contribution in [3.05, 3.63) is 71.7 Å². The summed E-state index contributed by atoms with van der Waals surface area (Å²) in [4.78, 5) is 21.9. The van der Waals surface area contributed by atoms with Crippen molar-refractivity contribution < 1.29 is 18.0 Å². The summed E-state index contributed by atoms with van der Waals surface area (Å²) in [6.07, 6.45) is 5.51. The predicted molar refractivity (Wildman–Crippen MR) is 131 cm³/mol. The van der Waals surface area contributed by atoms with Crippen LogP contribution in [0.5, 0.6) is 0 Å². The third kappa shape index (κ3) is 4.99. The van der Waals surface area contributed by atoms with Crippen molar-refractivity contribution in [2.24, 2.45) is 5.92 Å². The molecule has 2 unspecified atom stereocenters. The van der Waals surface area contributed by atoms with Crippen LogP contribution in [-0.2, 0) is 0 Å². The summed E-state index contributed by atoms with van der Waals surface area (Å²) in [6, 6.07) is 7.12. The molecule has 2 aromatic heterocycles. The SMILES string of the molecule is Nc1ncc(-c2cccc(C(=O)NCC3=CCC(C(F)(F)F)C=C3)c2)n2cc(C3CCCNC3)nc12. The number of fused-ring (bicyclic) bond motifs is 1. The lowest BCUT2D eigenvalue weighted by atomic mass is 9.96. The van der Waals surface area contributed by atoms with E-state index >= 15 is 0 Å². The molecule has 0 saturated carbocycles. The van der Waals surface area contributed by atoms with Crippen molar-refractivity contribution in [3.63, 3.8) is 0 Å². The van der Waals surface area contributed by atoms with Crippen LogP contribution in [0, 0.1) is 5.92 Å². The van der Waals surface area contributed by atoms with Crippen LogP contribution >= 0.6 is 0 Å². The number of aromatic nitrogens is 3. The number of nitrogen functional groups attached to an aromatic ring is 1. The van der Waals surface area contributed by atoms with E-state index in [-0.39, 0.29) is 18.9 Å². The fourth-order valence-electron chi connectivity index (χ4n) is 4.67. The first-order chi connectivity index (χ1) is 17.3. The zero-order chi connectivity index (χ0) is 25.3. The number of amides is 1. The molecule has 0 radical (unpaired) electrons. The Morgan fingerprint density at radius 3 is 2.89 bits per heavy atom. The van der Waals surface area contributed by atoms with Crippen LogP contribution < -0.4 is 16.4 Å². The number of allylic oxidation sites excluding steroid dienone is 2. The Morgan fingerprint density at radius 1 is 1.31 bits per heavy atom. The molecule has 5 rings (SSSR count). The number of rotatable bonds is 5. The fourth-order valence-corrected chi connectivity index (χ4v) is 4.67. The standard InChI is InChI=1S/C26H27F3N6O/c27-26(28,29)20-8-6-16(7-9-20)12-33-25(36)18-4-1-3-17(11-18)22-14-32-23(30)24-34-21(15-35(22)24)19-5-2-10-31-13-19/h1,3-4,6-8,11,14-15,19-20,31H,2,5,9-10,12-13H2,(H2,30,32)(H,33,36). The Balaban J connectivity index is 1.34. The van der Waals surface area contributed by atoms with E-state index in [1.54, 1.807) is 24.4 Å². The second-order valence-electron chi connectivity index (χ2n) is 9.22. The molecule has 1 aromatic carbocycles. The molecule has 36 heavy (non-hydrogen) atoms. The molecule has 10 heteroatoms. The number of nitrogens with zero attached hydrogens (tertiary/aromatic N) is 3. The third-order valence-corrected chi connectivity index (χ3v) is 6.72. The number of benzene rings is 1. The molecule has 1 fully saturated rings. The molecule has 3 heterocycles. The molecule has 1 saturated heterocycles. The highest BCUT2D eigenvalue weighted by Gasteiger charge is 2.37. The molecule has 7 nitrogen and oxygen atoms in total. The second kappa shape index (κ2) is 9.77. The molecule has 2 atom stereocenters. The Morgan fingerprint density at radius 2 is 2.17 bits per heavy atom. The van der Waals surface area contributed by atoms with Gasteiger partial charge in [0.25, 0.3) is 5.91 Å². The van der Waals surface area contributed by atoms with Crippen LogP contribution in [0.3, 0.4) is 0 Å². The quantitative estimate of drug-likeness (QED) is 0.491. The van der Waals surface area contributed by atoms with Crippen LogP contribution in [-0.4, -0.2) is 46.1 Å². The van der Waals surface area contributed by atoms with Crippen LogP contribution in [0.2, 0.25) is 0 Å². The Kier molecular flexibility index (Phi) is 6.53. The number of nitrogens with one attached hydrogen (secondary N) is 2. The number of halogens is 3. The first-order valence-electron chi connectivity index (χ1n) is 12.0. The number of piperidine rings is 1. The first-order valence-corrected chi connectivity index (χ1v) is 12.0. The maximum absolute atomic E-state index is 12.8. The summed E-state index contributed by atoms with van der Waals surface area (Å²) in [5.41, 5.74) is 10.3. The number of anilines is 1. The molecule has 188 valence electrons. The van der Waals surface area contributed by atoms with Crippen LogP contribution in [0.4, 0.5) is 19.0 Å². The Labute approximate surface area is 206 Å². The van der Waals surface area contributed by atoms with Gasteiger partial charge in [0.15, 0.2) is 11.5 Å². The zero-order valence-electron chi connectivity index (χ0n) is 19.6. The molecule has 0 bridgehead atoms. The smallest absolute Gasteiger partial charge is 0.381 e. The van der Waals surface area contributed by atoms with E-state index in [1.807, 2.05) is 16.7 Å². The van der Waals surface area contributed by atoms with Crippen molar-refractivity contribution >= 4 is 17.4 Å². The van der Waals surface area contributed by atoms with E-state index in [0.29, 0.717) is 28.5 Å². The van der Waals surface area contributed by atoms with E-state index in [4.69, 9.17) is 10.7 Å². The number of imidazole rings is 1. The molecule has 3 aromatic rings. The van der Waals surface area contributed by atoms with Gasteiger partial charge >= 0.3 is 6.18 Å². The second-order valence-corrected chi connectivity index (χ2v) is 9.22. The van der Waals surface area contributed by atoms with Gasteiger partial charge in [-0.05, 0) is 43.5 Å². The molecule has 0 spiro atoms. The van der Waals surface area contributed by atoms with Gasteiger partial charge in [-0.3, -0.25) is 9.20 Å². The number of carbonyl (C=O) groups is 1. The average molecular weight is 497 g/mol. The summed E-state index contributed by atoms with van der Waals surface area (Å²) in [5, 5.41) is 6.20. The summed E-state index contributed by atoms with van der Waals surface area (Å²) in [5.74, 6) is -1.15. The van der Waals surface area contributed by atoms with Crippen molar-refractivity contribution in [1.82, 2.24) is 25.0 Å². The van der Waals surface area contributed by atoms with Gasteiger partial charge in [0.05, 0.1) is 23.5 Å². The molecule has 1 aliphatic heterocycles. The minimum absolute atomic E-state index is 0.120. The summed E-state index contributed by atoms with van der Waals surface area (Å²) >= 11 is 0. The first kappa shape index (κ1) is 24.1. The van der Waals surface area contributed by atoms with Gasteiger partial charge in [-0.15, -0.1) is 0 Å². The van der Waals surface area contributed by atoms with E-state index in [9.17, 15) is 18.0 Å². The van der Waals surface area contributed by atoms with Crippen molar-refractivity contribution in [2.45, 2.75) is 31.4 Å². The lowest BCUT2D eigenvalue weighted by Gasteiger charge is -2.20. The maximum Gasteiger partial charge on any atom is 0.395 e. The normalized spacial score (nSPS) is 20.4. The molecule has 2 aliphatic rings. The number of hydrogen-bond donors (Lipinski definition) is 3. The van der Waals surface area contributed by atoms with Gasteiger partial charge in [-0.2, -0.15) is 13.2 Å². The minimum atomic E-state index is -4.26. The number of alkyl halides is 3. The minimum Gasteiger partial charge on any atom is -0.381 e. The van der Waals surface area contributed by atoms with Crippen LogP contribution in [0.15, 0.2) is 60.5 Å². The molecular formula is C26H27F3N6O. The zero-order valence-corrected chi connectivity index (χ0v) is 19.6. The van der Waals surface area contributed by atoms with Gasteiger partial charge in [0, 0.05) is 36.3 Å². The van der Waals surface area contributed by atoms with E-state index in [0.717, 1.165) is 49.0 Å². The van der Waals surface area contributed by atoms with Gasteiger partial charge in [0.1, 0.15) is 0 Å². The Bertz CT molecular complexity index is 1340. The number of carbonyl (C=O) groups excluding carboxylic acids is 1. The average Bonchev–Trinajstić information content (AvgIpc) is 3.34. The fraction of sp³-hybridized carbons (Fsp3) is 0.346. The van der Waals surface area contributed by atoms with Crippen LogP contribution in [0.1, 0.15) is 41.2 Å². The van der Waals surface area contributed by atoms with Crippen molar-refractivity contribution in [2.75, 3.05) is 25.4 Å². The lowest BCUT2D eigenvalue weighted by molar-refractivity contribution is -0.160. The van der Waals surface area contributed by atoms with Crippen molar-refractivity contribution in [3.8, 4) is 11.3 Å². The van der Waals surface area contributed by atoms with Crippen LogP contribution in [0.25, 0.3) is 16.9 Å². The Hall–Kier alpha value is -3.66. The monoisotopic (exact) mass is 496 g/mol. The molecule has 1 aliphatic carbocycles. The van der Waals surface area contributed by atoms with Gasteiger partial charge in [-0.1, -0.05) is 30.4 Å². The van der Waals surface area contributed by atoms with E-state index in [2.05, 4.69) is 15.6 Å². The van der Waals surface area contributed by atoms with Gasteiger partial charge < -0.3 is 16.4 Å². The lowest BCUT2D eigenvalue weighted by Crippen LogP contribution is -2.28. The number of hydrogen-bond acceptors (Lipinski definition) is 5. The summed E-state index contributed by atoms with van der Waals surface area (Å²) < 4.78 is 40.4. The van der Waals surface area contributed by atoms with E-state index in [1.165, 1.54) is 12.2 Å². The third-order valence-electron chi connectivity index (χ3n) is 6.72. The van der Waals surface area contributed by atoms with Crippen molar-refractivity contribution in [1.29, 1.82) is 0 Å². The predicted octanol–water partition coefficient (Wildman–Crippen LogP) is 4.24. The highest BCUT2D eigenvalue weighted by Crippen LogP contribution is 2.33. The maximum atomic E-state index is 12.8. The highest BCUT2D eigenvalue weighted by atomic mass is 19.4. The molecule has 1 amide bonds. The highest BCUT2D eigenvalue weighted by molar-refractivity contribution is 5.95. The largest absolute Gasteiger partial charge is 0.395 e. The molecule has 4 N–H and O–H groups in total. The van der Waals surface area contributed by atoms with Gasteiger partial charge in [0.2, 0.25) is 0 Å². The molecular weight excluding hydrogens is 469 g/mol. The summed E-state index contributed by atoms with van der Waals surface area (Å²) in [7, 11) is 0. The topological polar surface area (TPSA) is 97.3 Å². The van der Waals surface area contributed by atoms with Gasteiger partial charge in [-0.25, -0.2) is 9.97 Å².